The number of thioether (sulfide) groups is 1. The first-order valence-corrected chi connectivity index (χ1v) is 10.4. The third kappa shape index (κ3) is 4.20. The second kappa shape index (κ2) is 8.13. The summed E-state index contributed by atoms with van der Waals surface area (Å²) in [5.74, 6) is 2.13. The summed E-state index contributed by atoms with van der Waals surface area (Å²) in [5.41, 5.74) is 0.371. The minimum absolute atomic E-state index is 0.00578. The van der Waals surface area contributed by atoms with Crippen LogP contribution in [0.5, 0.6) is 0 Å². The van der Waals surface area contributed by atoms with Crippen LogP contribution in [0.25, 0.3) is 11.0 Å². The number of aromatic nitrogens is 4. The summed E-state index contributed by atoms with van der Waals surface area (Å²) < 4.78 is 39.6. The number of nitrogens with one attached hydrogen (secondary N) is 1. The van der Waals surface area contributed by atoms with Gasteiger partial charge in [-0.15, -0.1) is 0 Å². The highest BCUT2D eigenvalue weighted by atomic mass is 32.2. The van der Waals surface area contributed by atoms with Crippen molar-refractivity contribution in [3.05, 3.63) is 47.4 Å². The molecule has 0 unspecified atom stereocenters. The average molecular weight is 436 g/mol. The predicted octanol–water partition coefficient (Wildman–Crippen LogP) is 2.87. The molecule has 158 valence electrons. The molecule has 1 saturated heterocycles. The molecule has 1 aliphatic heterocycles. The number of benzene rings is 1. The topological polar surface area (TPSA) is 75.9 Å². The first-order valence-electron chi connectivity index (χ1n) is 9.30. The molecule has 1 aromatic carbocycles. The molecule has 0 aliphatic carbocycles. The highest BCUT2D eigenvalue weighted by Crippen LogP contribution is 2.29. The van der Waals surface area contributed by atoms with Crippen LogP contribution < -0.4 is 10.2 Å². The maximum Gasteiger partial charge on any atom is 0.416 e. The molecule has 2 aromatic heterocycles. The van der Waals surface area contributed by atoms with Crippen molar-refractivity contribution in [2.45, 2.75) is 12.7 Å². The van der Waals surface area contributed by atoms with E-state index in [2.05, 4.69) is 25.3 Å². The van der Waals surface area contributed by atoms with Gasteiger partial charge in [-0.05, 0) is 17.7 Å². The van der Waals surface area contributed by atoms with Crippen LogP contribution >= 0.6 is 11.8 Å². The summed E-state index contributed by atoms with van der Waals surface area (Å²) in [7, 11) is 1.75. The lowest BCUT2D eigenvalue weighted by atomic mass is 10.1. The molecular formula is C19H19F3N6OS. The van der Waals surface area contributed by atoms with Gasteiger partial charge in [0.1, 0.15) is 5.82 Å². The van der Waals surface area contributed by atoms with Gasteiger partial charge in [-0.1, -0.05) is 12.1 Å². The van der Waals surface area contributed by atoms with Gasteiger partial charge in [0.15, 0.2) is 5.65 Å². The van der Waals surface area contributed by atoms with Crippen molar-refractivity contribution in [1.29, 1.82) is 0 Å². The summed E-state index contributed by atoms with van der Waals surface area (Å²) >= 11 is 1.87. The minimum Gasteiger partial charge on any atom is -0.354 e. The van der Waals surface area contributed by atoms with E-state index in [0.717, 1.165) is 42.1 Å². The van der Waals surface area contributed by atoms with Crippen molar-refractivity contribution in [3.63, 3.8) is 0 Å². The van der Waals surface area contributed by atoms with Crippen LogP contribution in [0, 0.1) is 0 Å². The molecule has 1 fully saturated rings. The highest BCUT2D eigenvalue weighted by molar-refractivity contribution is 7.99. The zero-order chi connectivity index (χ0) is 21.3. The van der Waals surface area contributed by atoms with Crippen LogP contribution in [0.4, 0.5) is 19.0 Å². The Kier molecular flexibility index (Phi) is 5.54. The lowest BCUT2D eigenvalue weighted by Gasteiger charge is -2.27. The fourth-order valence-corrected chi connectivity index (χ4v) is 4.10. The number of carbonyl (C=O) groups is 1. The molecule has 4 rings (SSSR count). The van der Waals surface area contributed by atoms with Crippen molar-refractivity contribution in [1.82, 2.24) is 25.1 Å². The largest absolute Gasteiger partial charge is 0.416 e. The number of anilines is 1. The number of fused-ring (bicyclic) bond motifs is 1. The number of carbonyl (C=O) groups excluding carboxylic acids is 1. The summed E-state index contributed by atoms with van der Waals surface area (Å²) in [6.07, 6.45) is -2.70. The normalized spacial score (nSPS) is 14.9. The monoisotopic (exact) mass is 436 g/mol. The number of alkyl halides is 3. The number of hydrogen-bond donors (Lipinski definition) is 1. The van der Waals surface area contributed by atoms with Gasteiger partial charge in [0.2, 0.25) is 5.82 Å². The average Bonchev–Trinajstić information content (AvgIpc) is 3.12. The Labute approximate surface area is 174 Å². The minimum atomic E-state index is -4.39. The van der Waals surface area contributed by atoms with Gasteiger partial charge in [-0.2, -0.15) is 30.0 Å². The molecule has 0 radical (unpaired) electrons. The number of hydrogen-bond acceptors (Lipinski definition) is 6. The first kappa shape index (κ1) is 20.5. The standard InChI is InChI=1S/C19H19F3N6OS/c1-27-16-14(11-24-27)17(28-6-8-30-9-7-28)26-15(25-16)18(29)23-10-12-2-4-13(5-3-12)19(20,21)22/h2-5,11H,6-10H2,1H3,(H,23,29). The second-order valence-electron chi connectivity index (χ2n) is 6.85. The molecule has 0 atom stereocenters. The third-order valence-electron chi connectivity index (χ3n) is 4.82. The summed E-state index contributed by atoms with van der Waals surface area (Å²) in [6.45, 7) is 1.70. The van der Waals surface area contributed by atoms with E-state index < -0.39 is 17.6 Å². The summed E-state index contributed by atoms with van der Waals surface area (Å²) in [5, 5.41) is 7.70. The maximum absolute atomic E-state index is 12.7. The van der Waals surface area contributed by atoms with Gasteiger partial charge in [-0.3, -0.25) is 9.48 Å². The van der Waals surface area contributed by atoms with Gasteiger partial charge < -0.3 is 10.2 Å². The molecule has 1 N–H and O–H groups in total. The van der Waals surface area contributed by atoms with E-state index in [0.29, 0.717) is 17.0 Å². The lowest BCUT2D eigenvalue weighted by Crippen LogP contribution is -2.34. The number of aryl methyl sites for hydroxylation is 1. The maximum atomic E-state index is 12.7. The zero-order valence-electron chi connectivity index (χ0n) is 16.1. The molecule has 1 amide bonds. The Balaban J connectivity index is 1.55. The SMILES string of the molecule is Cn1ncc2c(N3CCSCC3)nc(C(=O)NCc3ccc(C(F)(F)F)cc3)nc21. The Bertz CT molecular complexity index is 1060. The predicted molar refractivity (Wildman–Crippen MR) is 108 cm³/mol. The van der Waals surface area contributed by atoms with E-state index in [-0.39, 0.29) is 12.4 Å². The van der Waals surface area contributed by atoms with Gasteiger partial charge in [0, 0.05) is 38.2 Å². The second-order valence-corrected chi connectivity index (χ2v) is 8.08. The van der Waals surface area contributed by atoms with Crippen molar-refractivity contribution >= 4 is 34.5 Å². The van der Waals surface area contributed by atoms with E-state index in [4.69, 9.17) is 0 Å². The van der Waals surface area contributed by atoms with Gasteiger partial charge in [-0.25, -0.2) is 9.97 Å². The number of halogens is 3. The van der Waals surface area contributed by atoms with Gasteiger partial charge >= 0.3 is 6.18 Å². The lowest BCUT2D eigenvalue weighted by molar-refractivity contribution is -0.137. The van der Waals surface area contributed by atoms with E-state index >= 15 is 0 Å². The highest BCUT2D eigenvalue weighted by Gasteiger charge is 2.30. The van der Waals surface area contributed by atoms with Crippen molar-refractivity contribution < 1.29 is 18.0 Å². The van der Waals surface area contributed by atoms with E-state index in [1.54, 1.807) is 17.9 Å². The Morgan fingerprint density at radius 1 is 1.17 bits per heavy atom. The molecule has 0 spiro atoms. The fourth-order valence-electron chi connectivity index (χ4n) is 3.20. The Hall–Kier alpha value is -2.82. The quantitative estimate of drug-likeness (QED) is 0.678. The van der Waals surface area contributed by atoms with Crippen LogP contribution in [0.3, 0.4) is 0 Å². The Morgan fingerprint density at radius 3 is 2.53 bits per heavy atom. The van der Waals surface area contributed by atoms with Crippen LogP contribution in [-0.2, 0) is 19.8 Å². The van der Waals surface area contributed by atoms with Gasteiger partial charge in [0.25, 0.3) is 5.91 Å². The third-order valence-corrected chi connectivity index (χ3v) is 5.76. The van der Waals surface area contributed by atoms with Crippen LogP contribution in [0.2, 0.25) is 0 Å². The summed E-state index contributed by atoms with van der Waals surface area (Å²) in [6, 6.07) is 4.66. The molecule has 11 heteroatoms. The number of amides is 1. The molecule has 30 heavy (non-hydrogen) atoms. The molecule has 0 bridgehead atoms. The first-order chi connectivity index (χ1) is 14.3. The smallest absolute Gasteiger partial charge is 0.354 e. The molecule has 3 aromatic rings. The van der Waals surface area contributed by atoms with E-state index in [9.17, 15) is 18.0 Å². The number of nitrogens with zero attached hydrogens (tertiary/aromatic N) is 5. The van der Waals surface area contributed by atoms with E-state index in [1.165, 1.54) is 12.1 Å². The molecular weight excluding hydrogens is 417 g/mol. The Morgan fingerprint density at radius 2 is 1.87 bits per heavy atom. The van der Waals surface area contributed by atoms with Crippen LogP contribution in [0.15, 0.2) is 30.5 Å². The molecule has 0 saturated carbocycles. The van der Waals surface area contributed by atoms with Gasteiger partial charge in [0.05, 0.1) is 17.1 Å². The zero-order valence-corrected chi connectivity index (χ0v) is 16.9. The van der Waals surface area contributed by atoms with Crippen LogP contribution in [-0.4, -0.2) is 50.3 Å². The van der Waals surface area contributed by atoms with Crippen LogP contribution in [0.1, 0.15) is 21.7 Å². The number of rotatable bonds is 4. The van der Waals surface area contributed by atoms with Crippen molar-refractivity contribution in [3.8, 4) is 0 Å². The van der Waals surface area contributed by atoms with Crippen molar-refractivity contribution in [2.24, 2.45) is 7.05 Å². The summed E-state index contributed by atoms with van der Waals surface area (Å²) in [4.78, 5) is 23.6. The molecule has 3 heterocycles. The van der Waals surface area contributed by atoms with Crippen molar-refractivity contribution in [2.75, 3.05) is 29.5 Å². The molecule has 7 nitrogen and oxygen atoms in total. The fraction of sp³-hybridized carbons (Fsp3) is 0.368. The van der Waals surface area contributed by atoms with E-state index in [1.807, 2.05) is 11.8 Å². The molecule has 1 aliphatic rings.